The maximum atomic E-state index is 15.0. The lowest BCUT2D eigenvalue weighted by atomic mass is 10.1. The number of halogens is 7. The van der Waals surface area contributed by atoms with E-state index in [4.69, 9.17) is 13.1 Å². The van der Waals surface area contributed by atoms with Gasteiger partial charge in [-0.1, -0.05) is 36.4 Å². The molecule has 67 heavy (non-hydrogen) atoms. The molecule has 8 rings (SSSR count). The Morgan fingerprint density at radius 1 is 0.552 bits per heavy atom. The second-order valence-electron chi connectivity index (χ2n) is 14.6. The fourth-order valence-electron chi connectivity index (χ4n) is 7.23. The minimum absolute atomic E-state index is 0.0170. The molecule has 0 aliphatic carbocycles. The lowest BCUT2D eigenvalue weighted by Crippen LogP contribution is -2.40. The van der Waals surface area contributed by atoms with Crippen molar-refractivity contribution in [3.05, 3.63) is 208 Å². The van der Waals surface area contributed by atoms with Crippen molar-refractivity contribution in [2.45, 2.75) is 26.2 Å². The Morgan fingerprint density at radius 2 is 0.985 bits per heavy atom. The Morgan fingerprint density at radius 3 is 1.43 bits per heavy atom. The molecule has 0 saturated heterocycles. The molecule has 4 aromatic carbocycles. The number of aromatic nitrogens is 8. The first-order chi connectivity index (χ1) is 31.7. The Bertz CT molecular complexity index is 3560. The smallest absolute Gasteiger partial charge is 0.268 e. The van der Waals surface area contributed by atoms with E-state index in [0.717, 1.165) is 62.0 Å². The Hall–Kier alpha value is -8.85. The van der Waals surface area contributed by atoms with Gasteiger partial charge in [-0.15, -0.1) is 0 Å². The molecule has 0 bridgehead atoms. The quantitative estimate of drug-likeness (QED) is 0.121. The molecule has 0 aliphatic rings. The third kappa shape index (κ3) is 8.60. The van der Waals surface area contributed by atoms with Gasteiger partial charge in [-0.25, -0.2) is 33.0 Å². The van der Waals surface area contributed by atoms with Gasteiger partial charge in [-0.2, -0.15) is 36.5 Å². The first kappa shape index (κ1) is 46.2. The molecule has 0 fully saturated rings. The van der Waals surface area contributed by atoms with E-state index in [1.54, 1.807) is 30.3 Å². The molecule has 0 radical (unpaired) electrons. The predicted molar refractivity (Wildman–Crippen MR) is 232 cm³/mol. The van der Waals surface area contributed by atoms with E-state index < -0.39 is 51.8 Å². The van der Waals surface area contributed by atoms with Crippen LogP contribution in [0, 0.1) is 32.8 Å². The summed E-state index contributed by atoms with van der Waals surface area (Å²) in [5.74, 6) is -0.872. The summed E-state index contributed by atoms with van der Waals surface area (Å²) in [6.45, 7) is 17.0. The zero-order valence-corrected chi connectivity index (χ0v) is 35.2. The van der Waals surface area contributed by atoms with Gasteiger partial charge in [0.05, 0.1) is 76.2 Å². The van der Waals surface area contributed by atoms with Crippen LogP contribution in [0.3, 0.4) is 0 Å². The zero-order chi connectivity index (χ0) is 48.7. The molecular formula is C46H31F7N10O4. The van der Waals surface area contributed by atoms with Crippen LogP contribution in [0.5, 0.6) is 0 Å². The van der Waals surface area contributed by atoms with Gasteiger partial charge in [0, 0.05) is 25.5 Å². The van der Waals surface area contributed by atoms with Crippen molar-refractivity contribution in [1.29, 1.82) is 0 Å². The SMILES string of the molecule is [C-]#[N+]c1ccc(-n2ncc(F)c2-c2c(C)n(-c3cccc(C(F)(F)F)c3)c(=O)n(C)c2=O)cc1.[C-]#[N+]c1ccc(-n2nccc2-c2c(C)n(-c3cccc(C(F)(F)F)c3)c(=O)n(C)c2=O)cc1. The lowest BCUT2D eigenvalue weighted by Gasteiger charge is -2.17. The van der Waals surface area contributed by atoms with Gasteiger partial charge < -0.3 is 0 Å². The molecule has 338 valence electrons. The first-order valence-electron chi connectivity index (χ1n) is 19.4. The van der Waals surface area contributed by atoms with Crippen molar-refractivity contribution in [3.8, 4) is 45.3 Å². The molecular weight excluding hydrogens is 890 g/mol. The lowest BCUT2D eigenvalue weighted by molar-refractivity contribution is -0.138. The highest BCUT2D eigenvalue weighted by atomic mass is 19.4. The summed E-state index contributed by atoms with van der Waals surface area (Å²) in [5.41, 5.74) is -3.44. The van der Waals surface area contributed by atoms with Crippen molar-refractivity contribution in [3.63, 3.8) is 0 Å². The monoisotopic (exact) mass is 920 g/mol. The number of alkyl halides is 6. The zero-order valence-electron chi connectivity index (χ0n) is 35.2. The minimum atomic E-state index is -4.65. The third-order valence-electron chi connectivity index (χ3n) is 10.6. The summed E-state index contributed by atoms with van der Waals surface area (Å²) in [4.78, 5) is 58.6. The van der Waals surface area contributed by atoms with Crippen molar-refractivity contribution < 1.29 is 30.7 Å². The molecule has 0 saturated carbocycles. The van der Waals surface area contributed by atoms with Crippen LogP contribution < -0.4 is 22.5 Å². The molecule has 8 aromatic rings. The standard InChI is InChI=1S/C23H15F4N5O2.C23H16F3N5O2/c1-13-19(20-18(24)12-29-32(20)16-9-7-15(28-2)8-10-16)21(33)30(3)22(34)31(13)17-6-4-5-14(11-17)23(25,26)27;1-14-20(19-11-12-28-31(19)17-9-7-16(27-2)8-10-17)21(32)29(3)22(33)30(14)18-6-4-5-15(13-18)23(24,25)26/h4-12H,1,3H3;4-13H,1,3H3. The number of nitrogens with zero attached hydrogens (tertiary/aromatic N) is 10. The van der Waals surface area contributed by atoms with E-state index in [1.165, 1.54) is 74.2 Å². The van der Waals surface area contributed by atoms with Crippen LogP contribution in [-0.2, 0) is 26.4 Å². The molecule has 0 unspecified atom stereocenters. The second-order valence-corrected chi connectivity index (χ2v) is 14.6. The average Bonchev–Trinajstić information content (AvgIpc) is 3.94. The summed E-state index contributed by atoms with van der Waals surface area (Å²) in [7, 11) is 2.42. The second kappa shape index (κ2) is 17.6. The average molecular weight is 921 g/mol. The highest BCUT2D eigenvalue weighted by Crippen LogP contribution is 2.33. The van der Waals surface area contributed by atoms with Crippen molar-refractivity contribution in [2.24, 2.45) is 14.1 Å². The van der Waals surface area contributed by atoms with Gasteiger partial charge in [0.2, 0.25) is 0 Å². The summed E-state index contributed by atoms with van der Waals surface area (Å²) in [5, 5.41) is 8.24. The van der Waals surface area contributed by atoms with Crippen LogP contribution in [0.25, 0.3) is 55.0 Å². The first-order valence-corrected chi connectivity index (χ1v) is 19.4. The van der Waals surface area contributed by atoms with Gasteiger partial charge >= 0.3 is 23.7 Å². The van der Waals surface area contributed by atoms with Crippen molar-refractivity contribution >= 4 is 11.4 Å². The normalized spacial score (nSPS) is 11.4. The molecule has 0 N–H and O–H groups in total. The molecule has 21 heteroatoms. The highest BCUT2D eigenvalue weighted by Gasteiger charge is 2.33. The van der Waals surface area contributed by atoms with E-state index >= 15 is 0 Å². The molecule has 14 nitrogen and oxygen atoms in total. The molecule has 0 spiro atoms. The van der Waals surface area contributed by atoms with Crippen LogP contribution in [-0.4, -0.2) is 37.8 Å². The van der Waals surface area contributed by atoms with Crippen LogP contribution >= 0.6 is 0 Å². The van der Waals surface area contributed by atoms with E-state index in [2.05, 4.69) is 19.9 Å². The van der Waals surface area contributed by atoms with Crippen LogP contribution in [0.4, 0.5) is 42.1 Å². The van der Waals surface area contributed by atoms with E-state index in [-0.39, 0.29) is 39.6 Å². The predicted octanol–water partition coefficient (Wildman–Crippen LogP) is 8.67. The minimum Gasteiger partial charge on any atom is -0.268 e. The maximum Gasteiger partial charge on any atom is 0.416 e. The van der Waals surface area contributed by atoms with Crippen LogP contribution in [0.2, 0.25) is 0 Å². The van der Waals surface area contributed by atoms with Crippen LogP contribution in [0.15, 0.2) is 135 Å². The van der Waals surface area contributed by atoms with Gasteiger partial charge in [0.25, 0.3) is 11.1 Å². The van der Waals surface area contributed by atoms with Crippen molar-refractivity contribution in [1.82, 2.24) is 37.8 Å². The van der Waals surface area contributed by atoms with Gasteiger partial charge in [0.15, 0.2) is 17.2 Å². The Balaban J connectivity index is 0.000000199. The van der Waals surface area contributed by atoms with Gasteiger partial charge in [0.1, 0.15) is 5.69 Å². The summed E-state index contributed by atoms with van der Waals surface area (Å²) >= 11 is 0. The number of hydrogen-bond donors (Lipinski definition) is 0. The Labute approximate surface area is 373 Å². The topological polar surface area (TPSA) is 132 Å². The number of hydrogen-bond acceptors (Lipinski definition) is 6. The molecule has 4 aromatic heterocycles. The highest BCUT2D eigenvalue weighted by molar-refractivity contribution is 5.67. The van der Waals surface area contributed by atoms with Gasteiger partial charge in [-0.3, -0.25) is 27.9 Å². The number of benzene rings is 4. The fraction of sp³-hybridized carbons (Fsp3) is 0.130. The largest absolute Gasteiger partial charge is 0.416 e. The molecule has 4 heterocycles. The number of rotatable bonds is 6. The van der Waals surface area contributed by atoms with E-state index in [9.17, 15) is 49.9 Å². The van der Waals surface area contributed by atoms with Gasteiger partial charge in [-0.05, 0) is 80.6 Å². The summed E-state index contributed by atoms with van der Waals surface area (Å²) in [6, 6.07) is 22.5. The summed E-state index contributed by atoms with van der Waals surface area (Å²) < 4.78 is 101. The summed E-state index contributed by atoms with van der Waals surface area (Å²) in [6.07, 6.45) is -6.89. The maximum absolute atomic E-state index is 15.0. The van der Waals surface area contributed by atoms with Crippen LogP contribution in [0.1, 0.15) is 22.5 Å². The van der Waals surface area contributed by atoms with Crippen molar-refractivity contribution in [2.75, 3.05) is 0 Å². The molecule has 0 aliphatic heterocycles. The molecule has 0 amide bonds. The Kier molecular flexibility index (Phi) is 12.1. The van der Waals surface area contributed by atoms with E-state index in [0.29, 0.717) is 33.0 Å². The fourth-order valence-corrected chi connectivity index (χ4v) is 7.23. The van der Waals surface area contributed by atoms with E-state index in [1.807, 2.05) is 0 Å². The molecule has 0 atom stereocenters. The third-order valence-corrected chi connectivity index (χ3v) is 10.6.